The third-order valence-corrected chi connectivity index (χ3v) is 6.38. The summed E-state index contributed by atoms with van der Waals surface area (Å²) in [6, 6.07) is 5.34. The fraction of sp³-hybridized carbons (Fsp3) is 0.417. The lowest BCUT2D eigenvalue weighted by atomic mass is 10.2. The molecule has 0 radical (unpaired) electrons. The van der Waals surface area contributed by atoms with Crippen LogP contribution >= 0.6 is 39.5 Å². The first-order valence-electron chi connectivity index (χ1n) is 5.70. The Morgan fingerprint density at radius 1 is 1.50 bits per heavy atom. The molecule has 1 aliphatic heterocycles. The minimum absolute atomic E-state index is 0.0645. The van der Waals surface area contributed by atoms with E-state index in [2.05, 4.69) is 21.2 Å². The zero-order valence-electron chi connectivity index (χ0n) is 9.82. The van der Waals surface area contributed by atoms with Crippen molar-refractivity contribution in [1.29, 1.82) is 0 Å². The van der Waals surface area contributed by atoms with Gasteiger partial charge in [-0.05, 0) is 28.1 Å². The number of hydrogen-bond donors (Lipinski definition) is 2. The van der Waals surface area contributed by atoms with Gasteiger partial charge in [0.05, 0.1) is 10.0 Å². The van der Waals surface area contributed by atoms with Crippen LogP contribution in [0.3, 0.4) is 0 Å². The summed E-state index contributed by atoms with van der Waals surface area (Å²) in [7, 11) is 0. The number of amides is 1. The molecule has 1 saturated heterocycles. The van der Waals surface area contributed by atoms with Crippen molar-refractivity contribution in [3.05, 3.63) is 28.2 Å². The minimum Gasteiger partial charge on any atom is -0.398 e. The Morgan fingerprint density at radius 2 is 2.33 bits per heavy atom. The fourth-order valence-electron chi connectivity index (χ4n) is 1.68. The van der Waals surface area contributed by atoms with Crippen LogP contribution in [0.2, 0.25) is 0 Å². The predicted octanol–water partition coefficient (Wildman–Crippen LogP) is 2.61. The van der Waals surface area contributed by atoms with E-state index in [0.717, 1.165) is 12.3 Å². The Balaban J connectivity index is 1.93. The van der Waals surface area contributed by atoms with Gasteiger partial charge in [0.25, 0.3) is 5.91 Å². The number of carbonyl (C=O) groups is 1. The lowest BCUT2D eigenvalue weighted by Gasteiger charge is -2.21. The highest BCUT2D eigenvalue weighted by molar-refractivity contribution is 9.10. The van der Waals surface area contributed by atoms with E-state index in [-0.39, 0.29) is 5.91 Å². The molecule has 6 heteroatoms. The molecule has 3 N–H and O–H groups in total. The average Bonchev–Trinajstić information content (AvgIpc) is 2.40. The number of nitrogen functional groups attached to an aromatic ring is 1. The first-order valence-corrected chi connectivity index (χ1v) is 8.69. The standard InChI is InChI=1S/C12H15BrN2OS2/c13-11-9(2-1-3-10(11)14)12(16)15-6-8-7-17-4-5-18-8/h1-3,8H,4-7,14H2,(H,15,16). The number of nitrogens with one attached hydrogen (secondary N) is 1. The lowest BCUT2D eigenvalue weighted by Crippen LogP contribution is -2.33. The molecule has 1 unspecified atom stereocenters. The van der Waals surface area contributed by atoms with Crippen LogP contribution in [0.1, 0.15) is 10.4 Å². The van der Waals surface area contributed by atoms with Crippen LogP contribution in [0.15, 0.2) is 22.7 Å². The summed E-state index contributed by atoms with van der Waals surface area (Å²) in [6.07, 6.45) is 0. The SMILES string of the molecule is Nc1cccc(C(=O)NCC2CSCCS2)c1Br. The summed E-state index contributed by atoms with van der Waals surface area (Å²) in [5, 5.41) is 3.50. The van der Waals surface area contributed by atoms with Crippen molar-refractivity contribution >= 4 is 51.0 Å². The molecule has 1 fully saturated rings. The van der Waals surface area contributed by atoms with E-state index in [1.807, 2.05) is 23.5 Å². The second-order valence-corrected chi connectivity index (χ2v) is 7.34. The maximum Gasteiger partial charge on any atom is 0.252 e. The molecule has 1 amide bonds. The van der Waals surface area contributed by atoms with Crippen LogP contribution in [0.5, 0.6) is 0 Å². The van der Waals surface area contributed by atoms with Gasteiger partial charge in [0.1, 0.15) is 0 Å². The molecule has 1 aliphatic rings. The van der Waals surface area contributed by atoms with E-state index in [0.29, 0.717) is 21.0 Å². The van der Waals surface area contributed by atoms with Gasteiger partial charge in [-0.25, -0.2) is 0 Å². The van der Waals surface area contributed by atoms with E-state index in [4.69, 9.17) is 5.73 Å². The number of hydrogen-bond acceptors (Lipinski definition) is 4. The van der Waals surface area contributed by atoms with E-state index in [1.165, 1.54) is 11.5 Å². The Bertz CT molecular complexity index is 436. The van der Waals surface area contributed by atoms with Gasteiger partial charge in [-0.3, -0.25) is 4.79 Å². The maximum absolute atomic E-state index is 12.0. The van der Waals surface area contributed by atoms with Gasteiger partial charge in [0.2, 0.25) is 0 Å². The first-order chi connectivity index (χ1) is 8.68. The van der Waals surface area contributed by atoms with Gasteiger partial charge >= 0.3 is 0 Å². The highest BCUT2D eigenvalue weighted by Crippen LogP contribution is 2.25. The first kappa shape index (κ1) is 14.1. The van der Waals surface area contributed by atoms with Gasteiger partial charge in [-0.15, -0.1) is 0 Å². The molecule has 0 aliphatic carbocycles. The summed E-state index contributed by atoms with van der Waals surface area (Å²) in [4.78, 5) is 12.0. The Labute approximate surface area is 124 Å². The van der Waals surface area contributed by atoms with E-state index in [9.17, 15) is 4.79 Å². The van der Waals surface area contributed by atoms with Gasteiger partial charge < -0.3 is 11.1 Å². The Kier molecular flexibility index (Phi) is 5.26. The third kappa shape index (κ3) is 3.59. The molecule has 0 saturated carbocycles. The average molecular weight is 347 g/mol. The molecule has 0 aromatic heterocycles. The zero-order chi connectivity index (χ0) is 13.0. The lowest BCUT2D eigenvalue weighted by molar-refractivity contribution is 0.0953. The molecule has 3 nitrogen and oxygen atoms in total. The predicted molar refractivity (Wildman–Crippen MR) is 84.5 cm³/mol. The molecule has 1 aromatic rings. The molecule has 1 heterocycles. The molecule has 98 valence electrons. The smallest absolute Gasteiger partial charge is 0.252 e. The number of anilines is 1. The second-order valence-electron chi connectivity index (χ2n) is 3.99. The molecule has 1 aromatic carbocycles. The van der Waals surface area contributed by atoms with Gasteiger partial charge in [0, 0.05) is 34.7 Å². The number of benzene rings is 1. The maximum atomic E-state index is 12.0. The summed E-state index contributed by atoms with van der Waals surface area (Å²) < 4.78 is 0.674. The Hall–Kier alpha value is -0.330. The van der Waals surface area contributed by atoms with Crippen LogP contribution in [0, 0.1) is 0 Å². The van der Waals surface area contributed by atoms with Crippen molar-refractivity contribution in [2.75, 3.05) is 29.5 Å². The highest BCUT2D eigenvalue weighted by atomic mass is 79.9. The molecule has 0 spiro atoms. The topological polar surface area (TPSA) is 55.1 Å². The molecule has 18 heavy (non-hydrogen) atoms. The highest BCUT2D eigenvalue weighted by Gasteiger charge is 2.17. The quantitative estimate of drug-likeness (QED) is 0.826. The van der Waals surface area contributed by atoms with E-state index >= 15 is 0 Å². The van der Waals surface area contributed by atoms with E-state index < -0.39 is 0 Å². The number of thioether (sulfide) groups is 2. The number of rotatable bonds is 3. The van der Waals surface area contributed by atoms with Crippen LogP contribution in [0.4, 0.5) is 5.69 Å². The normalized spacial score (nSPS) is 19.5. The van der Waals surface area contributed by atoms with Crippen molar-refractivity contribution in [3.8, 4) is 0 Å². The van der Waals surface area contributed by atoms with Crippen LogP contribution in [-0.4, -0.2) is 35.0 Å². The zero-order valence-corrected chi connectivity index (χ0v) is 13.0. The summed E-state index contributed by atoms with van der Waals surface area (Å²) in [6.45, 7) is 0.720. The summed E-state index contributed by atoms with van der Waals surface area (Å²) in [5.41, 5.74) is 6.95. The van der Waals surface area contributed by atoms with Crippen molar-refractivity contribution in [2.24, 2.45) is 0 Å². The van der Waals surface area contributed by atoms with Crippen molar-refractivity contribution in [1.82, 2.24) is 5.32 Å². The molecule has 0 bridgehead atoms. The molecule has 2 rings (SSSR count). The number of halogens is 1. The van der Waals surface area contributed by atoms with E-state index in [1.54, 1.807) is 18.2 Å². The molecule has 1 atom stereocenters. The monoisotopic (exact) mass is 346 g/mol. The molecular formula is C12H15BrN2OS2. The largest absolute Gasteiger partial charge is 0.398 e. The van der Waals surface area contributed by atoms with Crippen LogP contribution in [0.25, 0.3) is 0 Å². The fourth-order valence-corrected chi connectivity index (χ4v) is 4.74. The molecular weight excluding hydrogens is 332 g/mol. The van der Waals surface area contributed by atoms with Crippen molar-refractivity contribution < 1.29 is 4.79 Å². The summed E-state index contributed by atoms with van der Waals surface area (Å²) >= 11 is 7.24. The second kappa shape index (κ2) is 6.73. The number of nitrogens with two attached hydrogens (primary N) is 1. The van der Waals surface area contributed by atoms with Gasteiger partial charge in [-0.2, -0.15) is 23.5 Å². The number of carbonyl (C=O) groups excluding carboxylic acids is 1. The van der Waals surface area contributed by atoms with Crippen LogP contribution in [-0.2, 0) is 0 Å². The Morgan fingerprint density at radius 3 is 3.06 bits per heavy atom. The van der Waals surface area contributed by atoms with Gasteiger partial charge in [-0.1, -0.05) is 6.07 Å². The minimum atomic E-state index is -0.0645. The third-order valence-electron chi connectivity index (χ3n) is 2.65. The van der Waals surface area contributed by atoms with Crippen molar-refractivity contribution in [2.45, 2.75) is 5.25 Å². The van der Waals surface area contributed by atoms with Crippen LogP contribution < -0.4 is 11.1 Å². The summed E-state index contributed by atoms with van der Waals surface area (Å²) in [5.74, 6) is 3.44. The van der Waals surface area contributed by atoms with Crippen molar-refractivity contribution in [3.63, 3.8) is 0 Å². The van der Waals surface area contributed by atoms with Gasteiger partial charge in [0.15, 0.2) is 0 Å².